The van der Waals surface area contributed by atoms with E-state index in [9.17, 15) is 4.79 Å². The zero-order valence-electron chi connectivity index (χ0n) is 20.0. The Labute approximate surface area is 208 Å². The molecule has 0 spiro atoms. The summed E-state index contributed by atoms with van der Waals surface area (Å²) in [5, 5.41) is 6.81. The van der Waals surface area contributed by atoms with E-state index in [0.29, 0.717) is 34.8 Å². The Hall–Kier alpha value is -3.82. The summed E-state index contributed by atoms with van der Waals surface area (Å²) >= 11 is 5.98. The fraction of sp³-hybridized carbons (Fsp3) is 0.240. The fourth-order valence-corrected chi connectivity index (χ4v) is 3.55. The summed E-state index contributed by atoms with van der Waals surface area (Å²) in [5.41, 5.74) is 2.72. The number of likely N-dealkylation sites (N-methyl/N-ethyl adjacent to an activating group) is 1. The minimum atomic E-state index is -0.262. The number of aryl methyl sites for hydroxylation is 1. The van der Waals surface area contributed by atoms with E-state index in [0.717, 1.165) is 23.3 Å². The monoisotopic (exact) mass is 494 g/mol. The summed E-state index contributed by atoms with van der Waals surface area (Å²) < 4.78 is 13.6. The number of ether oxygens (including phenoxy) is 2. The molecule has 10 heteroatoms. The van der Waals surface area contributed by atoms with Crippen molar-refractivity contribution in [1.82, 2.24) is 24.8 Å². The molecule has 0 bridgehead atoms. The number of fused-ring (bicyclic) bond motifs is 1. The average Bonchev–Trinajstić information content (AvgIpc) is 3.13. The smallest absolute Gasteiger partial charge is 0.270 e. The van der Waals surface area contributed by atoms with Gasteiger partial charge in [-0.3, -0.25) is 9.78 Å². The van der Waals surface area contributed by atoms with Crippen LogP contribution in [0, 0.1) is 0 Å². The molecule has 0 aliphatic rings. The Bertz CT molecular complexity index is 1340. The molecule has 35 heavy (non-hydrogen) atoms. The van der Waals surface area contributed by atoms with Crippen LogP contribution in [0.25, 0.3) is 11.0 Å². The predicted molar refractivity (Wildman–Crippen MR) is 137 cm³/mol. The van der Waals surface area contributed by atoms with Crippen molar-refractivity contribution in [3.63, 3.8) is 0 Å². The second-order valence-corrected chi connectivity index (χ2v) is 8.59. The van der Waals surface area contributed by atoms with Gasteiger partial charge in [-0.15, -0.1) is 0 Å². The van der Waals surface area contributed by atoms with Crippen LogP contribution in [0.3, 0.4) is 0 Å². The van der Waals surface area contributed by atoms with Crippen molar-refractivity contribution in [3.8, 4) is 17.2 Å². The number of carbonyl (C=O) groups is 1. The van der Waals surface area contributed by atoms with Crippen molar-refractivity contribution in [1.29, 1.82) is 0 Å². The summed E-state index contributed by atoms with van der Waals surface area (Å²) in [5.74, 6) is 1.86. The number of pyridine rings is 1. The number of nitrogens with one attached hydrogen (secondary N) is 2. The second kappa shape index (κ2) is 10.6. The minimum absolute atomic E-state index is 0.262. The van der Waals surface area contributed by atoms with E-state index in [-0.39, 0.29) is 11.6 Å². The van der Waals surface area contributed by atoms with E-state index < -0.39 is 0 Å². The summed E-state index contributed by atoms with van der Waals surface area (Å²) in [4.78, 5) is 23.3. The molecule has 4 rings (SSSR count). The van der Waals surface area contributed by atoms with Gasteiger partial charge in [0.1, 0.15) is 11.4 Å². The second-order valence-electron chi connectivity index (χ2n) is 8.16. The molecular weight excluding hydrogens is 468 g/mol. The van der Waals surface area contributed by atoms with Crippen molar-refractivity contribution in [2.75, 3.05) is 39.6 Å². The van der Waals surface area contributed by atoms with Crippen LogP contribution in [0.15, 0.2) is 54.7 Å². The average molecular weight is 495 g/mol. The van der Waals surface area contributed by atoms with Gasteiger partial charge in [-0.1, -0.05) is 11.6 Å². The van der Waals surface area contributed by atoms with Gasteiger partial charge in [0.15, 0.2) is 11.5 Å². The highest BCUT2D eigenvalue weighted by Gasteiger charge is 2.16. The molecule has 0 saturated carbocycles. The van der Waals surface area contributed by atoms with Gasteiger partial charge in [-0.05, 0) is 44.4 Å². The number of halogens is 1. The first kappa shape index (κ1) is 24.3. The molecule has 1 amide bonds. The maximum Gasteiger partial charge on any atom is 0.270 e. The Morgan fingerprint density at radius 3 is 2.60 bits per heavy atom. The molecule has 2 aromatic heterocycles. The van der Waals surface area contributed by atoms with E-state index >= 15 is 0 Å². The van der Waals surface area contributed by atoms with Crippen molar-refractivity contribution in [3.05, 3.63) is 65.4 Å². The number of rotatable bonds is 9. The minimum Gasteiger partial charge on any atom is -0.493 e. The highest BCUT2D eigenvalue weighted by molar-refractivity contribution is 6.30. The largest absolute Gasteiger partial charge is 0.493 e. The van der Waals surface area contributed by atoms with Crippen LogP contribution in [0.2, 0.25) is 5.02 Å². The SMILES string of the molecule is COc1cc2c(cc1Oc1ccnc(C(=O)NCCN(C)C)c1)nc(Nc1ccc(Cl)cc1)n2C. The maximum absolute atomic E-state index is 12.4. The third-order valence-electron chi connectivity index (χ3n) is 5.30. The van der Waals surface area contributed by atoms with E-state index in [1.807, 2.05) is 60.9 Å². The van der Waals surface area contributed by atoms with E-state index in [2.05, 4.69) is 15.6 Å². The van der Waals surface area contributed by atoms with Crippen LogP contribution < -0.4 is 20.1 Å². The van der Waals surface area contributed by atoms with Gasteiger partial charge in [0, 0.05) is 55.2 Å². The first-order valence-electron chi connectivity index (χ1n) is 11.0. The lowest BCUT2D eigenvalue weighted by atomic mass is 10.2. The third kappa shape index (κ3) is 5.82. The highest BCUT2D eigenvalue weighted by atomic mass is 35.5. The number of hydrogen-bond donors (Lipinski definition) is 2. The van der Waals surface area contributed by atoms with Crippen molar-refractivity contribution in [2.24, 2.45) is 7.05 Å². The van der Waals surface area contributed by atoms with Crippen LogP contribution in [-0.2, 0) is 7.05 Å². The molecule has 2 heterocycles. The molecule has 0 fully saturated rings. The quantitative estimate of drug-likeness (QED) is 0.355. The maximum atomic E-state index is 12.4. The first-order chi connectivity index (χ1) is 16.8. The van der Waals surface area contributed by atoms with E-state index in [1.54, 1.807) is 25.3 Å². The van der Waals surface area contributed by atoms with Gasteiger partial charge in [0.25, 0.3) is 5.91 Å². The van der Waals surface area contributed by atoms with Gasteiger partial charge >= 0.3 is 0 Å². The van der Waals surface area contributed by atoms with Crippen LogP contribution in [-0.4, -0.2) is 59.6 Å². The number of carbonyl (C=O) groups excluding carboxylic acids is 1. The van der Waals surface area contributed by atoms with Gasteiger partial charge in [-0.25, -0.2) is 4.98 Å². The molecule has 9 nitrogen and oxygen atoms in total. The number of anilines is 2. The summed E-state index contributed by atoms with van der Waals surface area (Å²) in [6, 6.07) is 14.3. The molecule has 2 N–H and O–H groups in total. The van der Waals surface area contributed by atoms with Crippen LogP contribution >= 0.6 is 11.6 Å². The van der Waals surface area contributed by atoms with Crippen molar-refractivity contribution in [2.45, 2.75) is 0 Å². The molecule has 182 valence electrons. The van der Waals surface area contributed by atoms with Crippen LogP contribution in [0.4, 0.5) is 11.6 Å². The van der Waals surface area contributed by atoms with Gasteiger partial charge in [-0.2, -0.15) is 0 Å². The summed E-state index contributed by atoms with van der Waals surface area (Å²) in [6.45, 7) is 1.26. The lowest BCUT2D eigenvalue weighted by molar-refractivity contribution is 0.0945. The van der Waals surface area contributed by atoms with Gasteiger partial charge < -0.3 is 29.6 Å². The van der Waals surface area contributed by atoms with Crippen LogP contribution in [0.5, 0.6) is 17.2 Å². The highest BCUT2D eigenvalue weighted by Crippen LogP contribution is 2.36. The zero-order chi connectivity index (χ0) is 24.9. The lowest BCUT2D eigenvalue weighted by Gasteiger charge is -2.12. The van der Waals surface area contributed by atoms with Gasteiger partial charge in [0.2, 0.25) is 5.95 Å². The molecule has 0 unspecified atom stereocenters. The number of imidazole rings is 1. The fourth-order valence-electron chi connectivity index (χ4n) is 3.42. The van der Waals surface area contributed by atoms with Crippen molar-refractivity contribution >= 4 is 40.2 Å². The molecule has 0 radical (unpaired) electrons. The van der Waals surface area contributed by atoms with Crippen molar-refractivity contribution < 1.29 is 14.3 Å². The molecule has 2 aromatic carbocycles. The third-order valence-corrected chi connectivity index (χ3v) is 5.55. The number of benzene rings is 2. The number of methoxy groups -OCH3 is 1. The molecule has 4 aromatic rings. The molecular formula is C25H27ClN6O3. The predicted octanol–water partition coefficient (Wildman–Crippen LogP) is 4.46. The summed E-state index contributed by atoms with van der Waals surface area (Å²) in [6.07, 6.45) is 1.54. The molecule has 0 aliphatic heterocycles. The van der Waals surface area contributed by atoms with Crippen LogP contribution in [0.1, 0.15) is 10.5 Å². The summed E-state index contributed by atoms with van der Waals surface area (Å²) in [7, 11) is 7.38. The standard InChI is InChI=1S/C25H27ClN6O3/c1-31(2)12-11-28-24(33)20-13-18(9-10-27-20)35-23-14-19-21(15-22(23)34-4)32(3)25(30-19)29-17-7-5-16(26)6-8-17/h5-10,13-15H,11-12H2,1-4H3,(H,28,33)(H,29,30). The van der Waals surface area contributed by atoms with E-state index in [4.69, 9.17) is 26.1 Å². The van der Waals surface area contributed by atoms with E-state index in [1.165, 1.54) is 6.20 Å². The number of nitrogens with zero attached hydrogens (tertiary/aromatic N) is 4. The number of hydrogen-bond acceptors (Lipinski definition) is 7. The first-order valence-corrected chi connectivity index (χ1v) is 11.4. The zero-order valence-corrected chi connectivity index (χ0v) is 20.8. The van der Waals surface area contributed by atoms with Gasteiger partial charge in [0.05, 0.1) is 18.1 Å². The molecule has 0 atom stereocenters. The lowest BCUT2D eigenvalue weighted by Crippen LogP contribution is -2.31. The number of aromatic nitrogens is 3. The molecule has 0 saturated heterocycles. The Morgan fingerprint density at radius 1 is 1.11 bits per heavy atom. The Kier molecular flexibility index (Phi) is 7.38. The normalized spacial score (nSPS) is 11.0. The Balaban J connectivity index is 1.57. The topological polar surface area (TPSA) is 93.5 Å². The number of amides is 1. The molecule has 0 aliphatic carbocycles. The Morgan fingerprint density at radius 2 is 1.89 bits per heavy atom.